The summed E-state index contributed by atoms with van der Waals surface area (Å²) in [5, 5.41) is 5.86. The third kappa shape index (κ3) is 5.08. The predicted octanol–water partition coefficient (Wildman–Crippen LogP) is 2.20. The maximum absolute atomic E-state index is 11.5. The maximum Gasteiger partial charge on any atom is 0.407 e. The first kappa shape index (κ1) is 15.8. The molecule has 2 rings (SSSR count). The summed E-state index contributed by atoms with van der Waals surface area (Å²) >= 11 is 0. The van der Waals surface area contributed by atoms with E-state index in [2.05, 4.69) is 20.6 Å². The van der Waals surface area contributed by atoms with E-state index in [1.807, 2.05) is 43.7 Å². The second-order valence-corrected chi connectivity index (χ2v) is 5.73. The summed E-state index contributed by atoms with van der Waals surface area (Å²) in [4.78, 5) is 19.8. The molecule has 2 N–H and O–H groups in total. The Balaban J connectivity index is 1.72. The van der Waals surface area contributed by atoms with Gasteiger partial charge in [-0.2, -0.15) is 0 Å². The molecule has 2 aromatic heterocycles. The van der Waals surface area contributed by atoms with E-state index in [1.165, 1.54) is 0 Å². The largest absolute Gasteiger partial charge is 0.444 e. The van der Waals surface area contributed by atoms with Crippen LogP contribution < -0.4 is 10.6 Å². The van der Waals surface area contributed by atoms with E-state index in [9.17, 15) is 4.79 Å². The van der Waals surface area contributed by atoms with Gasteiger partial charge in [-0.3, -0.25) is 4.57 Å². The molecule has 1 amide bonds. The Morgan fingerprint density at radius 3 is 2.73 bits per heavy atom. The molecule has 0 fully saturated rings. The molecule has 0 unspecified atom stereocenters. The van der Waals surface area contributed by atoms with Gasteiger partial charge in [0.05, 0.1) is 11.9 Å². The number of aromatic nitrogens is 3. The molecule has 2 aromatic rings. The lowest BCUT2D eigenvalue weighted by atomic mass is 10.2. The summed E-state index contributed by atoms with van der Waals surface area (Å²) in [6, 6.07) is 3.82. The number of imidazole rings is 1. The fourth-order valence-electron chi connectivity index (χ4n) is 1.72. The van der Waals surface area contributed by atoms with Crippen LogP contribution in [0.25, 0.3) is 5.82 Å². The highest BCUT2D eigenvalue weighted by atomic mass is 16.6. The number of amides is 1. The molecule has 118 valence electrons. The van der Waals surface area contributed by atoms with E-state index in [4.69, 9.17) is 4.74 Å². The van der Waals surface area contributed by atoms with E-state index in [0.717, 1.165) is 11.5 Å². The van der Waals surface area contributed by atoms with Crippen LogP contribution in [0.5, 0.6) is 0 Å². The molecule has 0 saturated carbocycles. The zero-order valence-corrected chi connectivity index (χ0v) is 13.0. The number of hydrogen-bond acceptors (Lipinski definition) is 5. The minimum absolute atomic E-state index is 0.414. The first-order valence-electron chi connectivity index (χ1n) is 7.09. The van der Waals surface area contributed by atoms with Crippen LogP contribution in [0.3, 0.4) is 0 Å². The Bertz CT molecular complexity index is 587. The number of hydrogen-bond donors (Lipinski definition) is 2. The minimum Gasteiger partial charge on any atom is -0.444 e. The molecule has 0 aromatic carbocycles. The number of anilines is 1. The van der Waals surface area contributed by atoms with Gasteiger partial charge in [-0.05, 0) is 32.9 Å². The SMILES string of the molecule is CC(C)(C)OC(=O)NCCNc1ccc(-n2ccnc2)nc1. The van der Waals surface area contributed by atoms with Crippen molar-refractivity contribution < 1.29 is 9.53 Å². The third-order valence-corrected chi connectivity index (χ3v) is 2.64. The molecule has 0 atom stereocenters. The molecule has 0 aliphatic rings. The van der Waals surface area contributed by atoms with Crippen molar-refractivity contribution in [3.63, 3.8) is 0 Å². The van der Waals surface area contributed by atoms with E-state index in [1.54, 1.807) is 18.7 Å². The number of carbonyl (C=O) groups is 1. The van der Waals surface area contributed by atoms with Gasteiger partial charge in [-0.25, -0.2) is 14.8 Å². The van der Waals surface area contributed by atoms with Crippen LogP contribution in [0.1, 0.15) is 20.8 Å². The van der Waals surface area contributed by atoms with Gasteiger partial charge < -0.3 is 15.4 Å². The van der Waals surface area contributed by atoms with Crippen molar-refractivity contribution >= 4 is 11.8 Å². The van der Waals surface area contributed by atoms with Crippen molar-refractivity contribution in [1.29, 1.82) is 0 Å². The lowest BCUT2D eigenvalue weighted by Gasteiger charge is -2.19. The topological polar surface area (TPSA) is 81.1 Å². The zero-order chi connectivity index (χ0) is 16.0. The van der Waals surface area contributed by atoms with E-state index >= 15 is 0 Å². The van der Waals surface area contributed by atoms with Crippen molar-refractivity contribution in [2.45, 2.75) is 26.4 Å². The summed E-state index contributed by atoms with van der Waals surface area (Å²) in [7, 11) is 0. The summed E-state index contributed by atoms with van der Waals surface area (Å²) in [5.41, 5.74) is 0.403. The molecule has 0 saturated heterocycles. The number of alkyl carbamates (subject to hydrolysis) is 1. The highest BCUT2D eigenvalue weighted by Gasteiger charge is 2.15. The number of pyridine rings is 1. The molecule has 22 heavy (non-hydrogen) atoms. The Labute approximate surface area is 129 Å². The number of rotatable bonds is 5. The van der Waals surface area contributed by atoms with Gasteiger partial charge in [0.25, 0.3) is 0 Å². The van der Waals surface area contributed by atoms with Gasteiger partial charge in [0.15, 0.2) is 0 Å². The third-order valence-electron chi connectivity index (χ3n) is 2.64. The molecule has 0 bridgehead atoms. The molecule has 0 radical (unpaired) electrons. The Morgan fingerprint density at radius 2 is 2.14 bits per heavy atom. The maximum atomic E-state index is 11.5. The minimum atomic E-state index is -0.482. The lowest BCUT2D eigenvalue weighted by molar-refractivity contribution is 0.0530. The number of carbonyl (C=O) groups excluding carboxylic acids is 1. The summed E-state index contributed by atoms with van der Waals surface area (Å²) in [6.07, 6.45) is 6.56. The van der Waals surface area contributed by atoms with E-state index < -0.39 is 11.7 Å². The average Bonchev–Trinajstić information content (AvgIpc) is 2.96. The van der Waals surface area contributed by atoms with Gasteiger partial charge in [0, 0.05) is 25.5 Å². The van der Waals surface area contributed by atoms with Crippen molar-refractivity contribution in [1.82, 2.24) is 19.9 Å². The Hall–Kier alpha value is -2.57. The predicted molar refractivity (Wildman–Crippen MR) is 84.1 cm³/mol. The standard InChI is InChI=1S/C15H21N5O2/c1-15(2,3)22-14(21)18-7-6-17-12-4-5-13(19-10-12)20-9-8-16-11-20/h4-5,8-11,17H,6-7H2,1-3H3,(H,18,21). The molecule has 7 nitrogen and oxygen atoms in total. The highest BCUT2D eigenvalue weighted by molar-refractivity contribution is 5.67. The van der Waals surface area contributed by atoms with E-state index in [-0.39, 0.29) is 0 Å². The second kappa shape index (κ2) is 6.93. The van der Waals surface area contributed by atoms with Crippen LogP contribution in [-0.2, 0) is 4.74 Å². The molecule has 2 heterocycles. The van der Waals surface area contributed by atoms with Crippen molar-refractivity contribution in [2.24, 2.45) is 0 Å². The van der Waals surface area contributed by atoms with Gasteiger partial charge >= 0.3 is 6.09 Å². The zero-order valence-electron chi connectivity index (χ0n) is 13.0. The van der Waals surface area contributed by atoms with E-state index in [0.29, 0.717) is 13.1 Å². The van der Waals surface area contributed by atoms with Crippen LogP contribution in [0, 0.1) is 0 Å². The van der Waals surface area contributed by atoms with Gasteiger partial charge in [0.1, 0.15) is 17.7 Å². The Kier molecular flexibility index (Phi) is 4.98. The fourth-order valence-corrected chi connectivity index (χ4v) is 1.72. The first-order valence-corrected chi connectivity index (χ1v) is 7.09. The number of nitrogens with one attached hydrogen (secondary N) is 2. The summed E-state index contributed by atoms with van der Waals surface area (Å²) in [6.45, 7) is 6.55. The van der Waals surface area contributed by atoms with Crippen LogP contribution in [0.2, 0.25) is 0 Å². The van der Waals surface area contributed by atoms with Crippen LogP contribution in [-0.4, -0.2) is 39.3 Å². The average molecular weight is 303 g/mol. The van der Waals surface area contributed by atoms with Crippen molar-refractivity contribution in [2.75, 3.05) is 18.4 Å². The second-order valence-electron chi connectivity index (χ2n) is 5.73. The lowest BCUT2D eigenvalue weighted by Crippen LogP contribution is -2.35. The molecule has 0 spiro atoms. The smallest absolute Gasteiger partial charge is 0.407 e. The number of ether oxygens (including phenoxy) is 1. The molecular formula is C15H21N5O2. The molecule has 7 heteroatoms. The molecular weight excluding hydrogens is 282 g/mol. The van der Waals surface area contributed by atoms with Crippen LogP contribution in [0.15, 0.2) is 37.1 Å². The normalized spacial score (nSPS) is 11.0. The summed E-state index contributed by atoms with van der Waals surface area (Å²) in [5.74, 6) is 0.801. The van der Waals surface area contributed by atoms with Gasteiger partial charge in [-0.15, -0.1) is 0 Å². The van der Waals surface area contributed by atoms with Gasteiger partial charge in [0.2, 0.25) is 0 Å². The molecule has 0 aliphatic carbocycles. The van der Waals surface area contributed by atoms with Gasteiger partial charge in [-0.1, -0.05) is 0 Å². The van der Waals surface area contributed by atoms with Crippen molar-refractivity contribution in [3.05, 3.63) is 37.1 Å². The fraction of sp³-hybridized carbons (Fsp3) is 0.400. The van der Waals surface area contributed by atoms with Crippen molar-refractivity contribution in [3.8, 4) is 5.82 Å². The highest BCUT2D eigenvalue weighted by Crippen LogP contribution is 2.09. The Morgan fingerprint density at radius 1 is 1.32 bits per heavy atom. The molecule has 0 aliphatic heterocycles. The monoisotopic (exact) mass is 303 g/mol. The van der Waals surface area contributed by atoms with Crippen LogP contribution in [0.4, 0.5) is 10.5 Å². The van der Waals surface area contributed by atoms with Crippen LogP contribution >= 0.6 is 0 Å². The summed E-state index contributed by atoms with van der Waals surface area (Å²) < 4.78 is 6.98. The number of nitrogens with zero attached hydrogens (tertiary/aromatic N) is 3. The quantitative estimate of drug-likeness (QED) is 0.828. The first-order chi connectivity index (χ1) is 10.4.